The maximum absolute atomic E-state index is 13.5. The summed E-state index contributed by atoms with van der Waals surface area (Å²) >= 11 is 0. The largest absolute Gasteiger partial charge is 0.319 e. The average Bonchev–Trinajstić information content (AvgIpc) is 2.83. The highest BCUT2D eigenvalue weighted by atomic mass is 19.1. The van der Waals surface area contributed by atoms with E-state index in [2.05, 4.69) is 10.4 Å². The summed E-state index contributed by atoms with van der Waals surface area (Å²) in [6.07, 6.45) is 3.14. The Hall–Kier alpha value is -2.28. The molecule has 0 unspecified atom stereocenters. The summed E-state index contributed by atoms with van der Waals surface area (Å²) in [5.74, 6) is -2.26. The molecule has 1 aromatic heterocycles. The first-order chi connectivity index (χ1) is 9.95. The number of likely N-dealkylation sites (N-methyl/N-ethyl adjacent to an activating group) is 1. The van der Waals surface area contributed by atoms with Crippen LogP contribution >= 0.6 is 0 Å². The molecule has 0 spiro atoms. The van der Waals surface area contributed by atoms with Gasteiger partial charge in [-0.2, -0.15) is 5.10 Å². The number of amides is 1. The lowest BCUT2D eigenvalue weighted by atomic mass is 10.2. The Balaban J connectivity index is 2.02. The normalized spacial score (nSPS) is 10.9. The molecule has 0 aliphatic carbocycles. The molecule has 1 heterocycles. The monoisotopic (exact) mass is 294 g/mol. The Labute approximate surface area is 121 Å². The number of hydrogen-bond acceptors (Lipinski definition) is 3. The van der Waals surface area contributed by atoms with Gasteiger partial charge in [0, 0.05) is 18.8 Å². The predicted octanol–water partition coefficient (Wildman–Crippen LogP) is 1.98. The van der Waals surface area contributed by atoms with E-state index >= 15 is 0 Å². The lowest BCUT2D eigenvalue weighted by Crippen LogP contribution is -2.18. The second-order valence-electron chi connectivity index (χ2n) is 4.87. The molecule has 0 bridgehead atoms. The minimum atomic E-state index is -0.896. The van der Waals surface area contributed by atoms with Gasteiger partial charge in [-0.3, -0.25) is 9.48 Å². The molecule has 7 heteroatoms. The van der Waals surface area contributed by atoms with E-state index in [4.69, 9.17) is 0 Å². The average molecular weight is 294 g/mol. The van der Waals surface area contributed by atoms with Gasteiger partial charge in [0.2, 0.25) is 0 Å². The summed E-state index contributed by atoms with van der Waals surface area (Å²) in [6.45, 7) is 1.48. The number of nitrogens with one attached hydrogen (secondary N) is 1. The molecule has 2 rings (SSSR count). The second-order valence-corrected chi connectivity index (χ2v) is 4.87. The molecule has 21 heavy (non-hydrogen) atoms. The zero-order valence-electron chi connectivity index (χ0n) is 11.8. The van der Waals surface area contributed by atoms with E-state index in [0.717, 1.165) is 18.7 Å². The van der Waals surface area contributed by atoms with Crippen molar-refractivity contribution in [2.24, 2.45) is 0 Å². The Morgan fingerprint density at radius 1 is 1.38 bits per heavy atom. The zero-order chi connectivity index (χ0) is 15.4. The van der Waals surface area contributed by atoms with Gasteiger partial charge < -0.3 is 10.2 Å². The van der Waals surface area contributed by atoms with Crippen LogP contribution in [0.3, 0.4) is 0 Å². The molecular weight excluding hydrogens is 278 g/mol. The number of hydrogen-bond donors (Lipinski definition) is 1. The quantitative estimate of drug-likeness (QED) is 0.917. The number of rotatable bonds is 5. The first-order valence-corrected chi connectivity index (χ1v) is 6.39. The highest BCUT2D eigenvalue weighted by Crippen LogP contribution is 2.13. The molecule has 5 nitrogen and oxygen atoms in total. The van der Waals surface area contributed by atoms with Crippen LogP contribution in [0.1, 0.15) is 10.4 Å². The van der Waals surface area contributed by atoms with Gasteiger partial charge in [-0.15, -0.1) is 0 Å². The molecule has 1 amide bonds. The van der Waals surface area contributed by atoms with Crippen molar-refractivity contribution < 1.29 is 13.6 Å². The van der Waals surface area contributed by atoms with E-state index in [1.165, 1.54) is 6.20 Å². The number of carbonyl (C=O) groups is 1. The number of halogens is 2. The minimum Gasteiger partial charge on any atom is -0.319 e. The zero-order valence-corrected chi connectivity index (χ0v) is 11.8. The van der Waals surface area contributed by atoms with Crippen LogP contribution in [0.25, 0.3) is 0 Å². The minimum absolute atomic E-state index is 0.211. The Morgan fingerprint density at radius 3 is 2.81 bits per heavy atom. The lowest BCUT2D eigenvalue weighted by molar-refractivity contribution is 0.102. The van der Waals surface area contributed by atoms with Crippen LogP contribution in [0.2, 0.25) is 0 Å². The summed E-state index contributed by atoms with van der Waals surface area (Å²) in [5, 5.41) is 6.62. The standard InChI is InChI=1S/C14H16F2N4O/c1-19(2)5-6-20-9-11(8-17-20)18-14(21)12-4-3-10(15)7-13(12)16/h3-4,7-9H,5-6H2,1-2H3,(H,18,21). The molecule has 0 aliphatic rings. The third kappa shape index (κ3) is 4.09. The van der Waals surface area contributed by atoms with Crippen LogP contribution in [-0.4, -0.2) is 41.2 Å². The third-order valence-electron chi connectivity index (χ3n) is 2.84. The van der Waals surface area contributed by atoms with E-state index in [-0.39, 0.29) is 5.56 Å². The fraction of sp³-hybridized carbons (Fsp3) is 0.286. The topological polar surface area (TPSA) is 50.2 Å². The number of anilines is 1. The molecule has 2 aromatic rings. The van der Waals surface area contributed by atoms with Gasteiger partial charge in [-0.1, -0.05) is 0 Å². The fourth-order valence-corrected chi connectivity index (χ4v) is 1.72. The van der Waals surface area contributed by atoms with Crippen LogP contribution in [0.15, 0.2) is 30.6 Å². The van der Waals surface area contributed by atoms with Crippen molar-refractivity contribution >= 4 is 11.6 Å². The van der Waals surface area contributed by atoms with Crippen LogP contribution in [0.5, 0.6) is 0 Å². The highest BCUT2D eigenvalue weighted by molar-refractivity contribution is 6.04. The molecule has 1 N–H and O–H groups in total. The van der Waals surface area contributed by atoms with Crippen LogP contribution in [0, 0.1) is 11.6 Å². The smallest absolute Gasteiger partial charge is 0.258 e. The summed E-state index contributed by atoms with van der Waals surface area (Å²) in [4.78, 5) is 13.9. The molecule has 0 aliphatic heterocycles. The van der Waals surface area contributed by atoms with Crippen molar-refractivity contribution in [3.05, 3.63) is 47.8 Å². The van der Waals surface area contributed by atoms with Gasteiger partial charge in [-0.25, -0.2) is 8.78 Å². The van der Waals surface area contributed by atoms with Gasteiger partial charge in [0.15, 0.2) is 0 Å². The maximum atomic E-state index is 13.5. The van der Waals surface area contributed by atoms with Gasteiger partial charge in [-0.05, 0) is 26.2 Å². The number of benzene rings is 1. The molecular formula is C14H16F2N4O. The van der Waals surface area contributed by atoms with E-state index < -0.39 is 17.5 Å². The number of aromatic nitrogens is 2. The van der Waals surface area contributed by atoms with Crippen molar-refractivity contribution in [1.29, 1.82) is 0 Å². The molecule has 0 saturated carbocycles. The van der Waals surface area contributed by atoms with Crippen molar-refractivity contribution in [3.63, 3.8) is 0 Å². The van der Waals surface area contributed by atoms with Gasteiger partial charge >= 0.3 is 0 Å². The van der Waals surface area contributed by atoms with E-state index in [1.807, 2.05) is 19.0 Å². The highest BCUT2D eigenvalue weighted by Gasteiger charge is 2.13. The molecule has 0 atom stereocenters. The Kier molecular flexibility index (Phi) is 4.64. The molecule has 0 radical (unpaired) electrons. The van der Waals surface area contributed by atoms with E-state index in [9.17, 15) is 13.6 Å². The molecule has 0 saturated heterocycles. The third-order valence-corrected chi connectivity index (χ3v) is 2.84. The predicted molar refractivity (Wildman–Crippen MR) is 75.1 cm³/mol. The Bertz CT molecular complexity index is 640. The van der Waals surface area contributed by atoms with E-state index in [1.54, 1.807) is 10.9 Å². The summed E-state index contributed by atoms with van der Waals surface area (Å²) in [6, 6.07) is 2.82. The van der Waals surface area contributed by atoms with Crippen LogP contribution in [-0.2, 0) is 6.54 Å². The van der Waals surface area contributed by atoms with Crippen molar-refractivity contribution in [2.45, 2.75) is 6.54 Å². The molecule has 0 fully saturated rings. The van der Waals surface area contributed by atoms with Crippen LogP contribution in [0.4, 0.5) is 14.5 Å². The van der Waals surface area contributed by atoms with Crippen molar-refractivity contribution in [1.82, 2.24) is 14.7 Å². The van der Waals surface area contributed by atoms with Crippen LogP contribution < -0.4 is 5.32 Å². The molecule has 1 aromatic carbocycles. The fourth-order valence-electron chi connectivity index (χ4n) is 1.72. The van der Waals surface area contributed by atoms with Gasteiger partial charge in [0.1, 0.15) is 11.6 Å². The summed E-state index contributed by atoms with van der Waals surface area (Å²) < 4.78 is 28.0. The molecule has 112 valence electrons. The van der Waals surface area contributed by atoms with E-state index in [0.29, 0.717) is 18.3 Å². The lowest BCUT2D eigenvalue weighted by Gasteiger charge is -2.08. The summed E-state index contributed by atoms with van der Waals surface area (Å²) in [5.41, 5.74) is 0.250. The summed E-state index contributed by atoms with van der Waals surface area (Å²) in [7, 11) is 3.90. The SMILES string of the molecule is CN(C)CCn1cc(NC(=O)c2ccc(F)cc2F)cn1. The number of carbonyl (C=O) groups excluding carboxylic acids is 1. The van der Waals surface area contributed by atoms with Gasteiger partial charge in [0.25, 0.3) is 5.91 Å². The first kappa shape index (κ1) is 15.1. The maximum Gasteiger partial charge on any atom is 0.258 e. The van der Waals surface area contributed by atoms with Gasteiger partial charge in [0.05, 0.1) is 24.0 Å². The first-order valence-electron chi connectivity index (χ1n) is 6.39. The van der Waals surface area contributed by atoms with Crippen molar-refractivity contribution in [3.8, 4) is 0 Å². The Morgan fingerprint density at radius 2 is 2.14 bits per heavy atom. The van der Waals surface area contributed by atoms with Crippen molar-refractivity contribution in [2.75, 3.05) is 26.0 Å². The number of nitrogens with zero attached hydrogens (tertiary/aromatic N) is 3. The second kappa shape index (κ2) is 6.45.